The van der Waals surface area contributed by atoms with Gasteiger partial charge in [0, 0.05) is 5.39 Å². The fraction of sp³-hybridized carbons (Fsp3) is 0.222. The molecule has 3 aromatic rings. The zero-order valence-electron chi connectivity index (χ0n) is 13.6. The lowest BCUT2D eigenvalue weighted by molar-refractivity contribution is -0.138. The van der Waals surface area contributed by atoms with E-state index in [1.54, 1.807) is 12.1 Å². The number of fused-ring (bicyclic) bond motifs is 1. The highest BCUT2D eigenvalue weighted by Gasteiger charge is 2.49. The monoisotopic (exact) mass is 380 g/mol. The lowest BCUT2D eigenvalue weighted by Gasteiger charge is -2.07. The number of hydrogen-bond acceptors (Lipinski definition) is 3. The number of aromatic nitrogens is 2. The summed E-state index contributed by atoms with van der Waals surface area (Å²) in [5.74, 6) is -1.61. The number of carboxylic acid groups (broad SMARTS) is 1. The average Bonchev–Trinajstić information content (AvgIpc) is 3.33. The van der Waals surface area contributed by atoms with E-state index in [9.17, 15) is 22.4 Å². The van der Waals surface area contributed by atoms with Crippen molar-refractivity contribution in [3.05, 3.63) is 65.1 Å². The molecule has 27 heavy (non-hydrogen) atoms. The maximum Gasteiger partial charge on any atom is 0.416 e. The number of nitrogens with zero attached hydrogens (tertiary/aromatic N) is 2. The van der Waals surface area contributed by atoms with Crippen LogP contribution in [0.2, 0.25) is 0 Å². The molecule has 2 atom stereocenters. The van der Waals surface area contributed by atoms with E-state index in [0.717, 1.165) is 12.1 Å². The smallest absolute Gasteiger partial charge is 0.416 e. The van der Waals surface area contributed by atoms with Gasteiger partial charge >= 0.3 is 12.1 Å². The molecule has 2 heterocycles. The lowest BCUT2D eigenvalue weighted by Crippen LogP contribution is -2.06. The van der Waals surface area contributed by atoms with Gasteiger partial charge in [-0.2, -0.15) is 18.3 Å². The van der Waals surface area contributed by atoms with Crippen LogP contribution in [0.15, 0.2) is 42.5 Å². The highest BCUT2D eigenvalue weighted by molar-refractivity contribution is 5.86. The van der Waals surface area contributed by atoms with Crippen LogP contribution >= 0.6 is 0 Å². The topological polar surface area (TPSA) is 67.7 Å². The summed E-state index contributed by atoms with van der Waals surface area (Å²) >= 11 is 0. The van der Waals surface area contributed by atoms with Crippen molar-refractivity contribution < 1.29 is 32.2 Å². The van der Waals surface area contributed by atoms with Gasteiger partial charge in [-0.3, -0.25) is 4.68 Å². The summed E-state index contributed by atoms with van der Waals surface area (Å²) in [6, 6.07) is 8.80. The van der Waals surface area contributed by atoms with E-state index in [1.165, 1.54) is 22.9 Å². The number of ether oxygens (including phenoxy) is 1. The number of aliphatic carboxylic acids is 1. The second kappa shape index (κ2) is 6.05. The minimum atomic E-state index is -4.54. The number of carboxylic acids is 1. The van der Waals surface area contributed by atoms with Crippen molar-refractivity contribution in [1.82, 2.24) is 9.78 Å². The van der Waals surface area contributed by atoms with Crippen molar-refractivity contribution in [1.29, 1.82) is 0 Å². The van der Waals surface area contributed by atoms with Gasteiger partial charge in [-0.25, -0.2) is 9.18 Å². The first-order valence-electron chi connectivity index (χ1n) is 7.94. The van der Waals surface area contributed by atoms with Crippen LogP contribution in [0.25, 0.3) is 10.9 Å². The van der Waals surface area contributed by atoms with Crippen LogP contribution < -0.4 is 0 Å². The van der Waals surface area contributed by atoms with Crippen molar-refractivity contribution >= 4 is 16.9 Å². The molecule has 5 nitrogen and oxygen atoms in total. The molecule has 0 saturated carbocycles. The Morgan fingerprint density at radius 2 is 1.89 bits per heavy atom. The molecular weight excluding hydrogens is 368 g/mol. The fourth-order valence-electron chi connectivity index (χ4n) is 2.98. The summed E-state index contributed by atoms with van der Waals surface area (Å²) in [6.07, 6.45) is -6.57. The van der Waals surface area contributed by atoms with Gasteiger partial charge in [-0.1, -0.05) is 12.1 Å². The Morgan fingerprint density at radius 3 is 2.48 bits per heavy atom. The number of alkyl halides is 3. The van der Waals surface area contributed by atoms with Gasteiger partial charge in [0.25, 0.3) is 0 Å². The molecule has 0 amide bonds. The number of hydrogen-bond donors (Lipinski definition) is 1. The van der Waals surface area contributed by atoms with Crippen LogP contribution in [0.3, 0.4) is 0 Å². The first kappa shape index (κ1) is 17.5. The molecule has 1 aromatic heterocycles. The largest absolute Gasteiger partial charge is 0.479 e. The van der Waals surface area contributed by atoms with Crippen LogP contribution in [-0.4, -0.2) is 27.0 Å². The minimum Gasteiger partial charge on any atom is -0.479 e. The summed E-state index contributed by atoms with van der Waals surface area (Å²) < 4.78 is 58.8. The first-order valence-corrected chi connectivity index (χ1v) is 7.94. The van der Waals surface area contributed by atoms with Crippen LogP contribution in [0, 0.1) is 5.82 Å². The molecule has 1 aliphatic rings. The number of benzene rings is 2. The van der Waals surface area contributed by atoms with Crippen molar-refractivity contribution in [3.63, 3.8) is 0 Å². The molecule has 0 bridgehead atoms. The summed E-state index contributed by atoms with van der Waals surface area (Å²) in [7, 11) is 0. The molecule has 2 unspecified atom stereocenters. The zero-order valence-corrected chi connectivity index (χ0v) is 13.6. The maximum atomic E-state index is 13.1. The predicted molar refractivity (Wildman–Crippen MR) is 85.5 cm³/mol. The molecule has 2 aromatic carbocycles. The Balaban J connectivity index is 1.80. The van der Waals surface area contributed by atoms with Gasteiger partial charge in [0.05, 0.1) is 17.6 Å². The molecular formula is C18H12F4N2O3. The molecule has 0 aliphatic carbocycles. The number of epoxide rings is 1. The zero-order chi connectivity index (χ0) is 19.3. The molecule has 4 rings (SSSR count). The van der Waals surface area contributed by atoms with Gasteiger partial charge in [-0.15, -0.1) is 0 Å². The molecule has 1 aliphatic heterocycles. The Labute approximate surface area is 149 Å². The van der Waals surface area contributed by atoms with Crippen LogP contribution in [-0.2, 0) is 22.3 Å². The summed E-state index contributed by atoms with van der Waals surface area (Å²) in [4.78, 5) is 11.1. The third-order valence-corrected chi connectivity index (χ3v) is 4.36. The summed E-state index contributed by atoms with van der Waals surface area (Å²) in [5, 5.41) is 13.5. The SMILES string of the molecule is O=C(O)C1OC1c1nn(Cc2ccc(F)cc2)c2ccc(C(F)(F)F)cc12. The van der Waals surface area contributed by atoms with Gasteiger partial charge in [0.15, 0.2) is 6.10 Å². The number of carbonyl (C=O) groups is 1. The van der Waals surface area contributed by atoms with Crippen LogP contribution in [0.4, 0.5) is 17.6 Å². The molecule has 1 N–H and O–H groups in total. The van der Waals surface area contributed by atoms with Gasteiger partial charge in [0.2, 0.25) is 0 Å². The van der Waals surface area contributed by atoms with E-state index >= 15 is 0 Å². The fourth-order valence-corrected chi connectivity index (χ4v) is 2.98. The van der Waals surface area contributed by atoms with Gasteiger partial charge in [-0.05, 0) is 35.9 Å². The van der Waals surface area contributed by atoms with Crippen molar-refractivity contribution in [3.8, 4) is 0 Å². The van der Waals surface area contributed by atoms with Crippen molar-refractivity contribution in [2.45, 2.75) is 24.9 Å². The number of rotatable bonds is 4. The van der Waals surface area contributed by atoms with Crippen LogP contribution in [0.1, 0.15) is 22.9 Å². The molecule has 9 heteroatoms. The molecule has 0 spiro atoms. The lowest BCUT2D eigenvalue weighted by atomic mass is 10.1. The predicted octanol–water partition coefficient (Wildman–Crippen LogP) is 3.77. The van der Waals surface area contributed by atoms with Gasteiger partial charge < -0.3 is 9.84 Å². The van der Waals surface area contributed by atoms with Gasteiger partial charge in [0.1, 0.15) is 17.6 Å². The molecule has 0 radical (unpaired) electrons. The quantitative estimate of drug-likeness (QED) is 0.553. The highest BCUT2D eigenvalue weighted by Crippen LogP contribution is 2.42. The second-order valence-electron chi connectivity index (χ2n) is 6.21. The average molecular weight is 380 g/mol. The standard InChI is InChI=1S/C18H12F4N2O3/c19-11-4-1-9(2-5-11)8-24-13-6-3-10(18(20,21)22)7-12(13)14(23-24)15-16(27-15)17(25)26/h1-7,15-16H,8H2,(H,25,26). The van der Waals surface area contributed by atoms with E-state index in [-0.39, 0.29) is 17.6 Å². The summed E-state index contributed by atoms with van der Waals surface area (Å²) in [5.41, 5.74) is 0.386. The molecule has 140 valence electrons. The minimum absolute atomic E-state index is 0.144. The normalized spacial score (nSPS) is 19.4. The van der Waals surface area contributed by atoms with E-state index < -0.39 is 35.7 Å². The van der Waals surface area contributed by atoms with Crippen molar-refractivity contribution in [2.75, 3.05) is 0 Å². The summed E-state index contributed by atoms with van der Waals surface area (Å²) in [6.45, 7) is 0.187. The van der Waals surface area contributed by atoms with E-state index in [4.69, 9.17) is 9.84 Å². The Kier molecular flexibility index (Phi) is 3.92. The van der Waals surface area contributed by atoms with E-state index in [2.05, 4.69) is 5.10 Å². The Bertz CT molecular complexity index is 1030. The maximum absolute atomic E-state index is 13.1. The van der Waals surface area contributed by atoms with E-state index in [1.807, 2.05) is 0 Å². The highest BCUT2D eigenvalue weighted by atomic mass is 19.4. The number of halogens is 4. The molecule has 1 saturated heterocycles. The van der Waals surface area contributed by atoms with Crippen LogP contribution in [0.5, 0.6) is 0 Å². The Morgan fingerprint density at radius 1 is 1.19 bits per heavy atom. The third kappa shape index (κ3) is 3.25. The van der Waals surface area contributed by atoms with E-state index in [0.29, 0.717) is 11.1 Å². The first-order chi connectivity index (χ1) is 12.7. The third-order valence-electron chi connectivity index (χ3n) is 4.36. The van der Waals surface area contributed by atoms with Crippen molar-refractivity contribution in [2.24, 2.45) is 0 Å². The Hall–Kier alpha value is -2.94. The molecule has 1 fully saturated rings. The second-order valence-corrected chi connectivity index (χ2v) is 6.21.